The van der Waals surface area contributed by atoms with E-state index in [1.54, 1.807) is 0 Å². The van der Waals surface area contributed by atoms with Crippen LogP contribution >= 0.6 is 0 Å². The Balaban J connectivity index is 1.17. The molecule has 2 atom stereocenters. The van der Waals surface area contributed by atoms with Crippen LogP contribution in [0.3, 0.4) is 0 Å². The number of nitrogens with zero attached hydrogens (tertiary/aromatic N) is 2. The number of benzene rings is 2. The molecule has 0 unspecified atom stereocenters. The van der Waals surface area contributed by atoms with Crippen LogP contribution in [0.4, 0.5) is 10.5 Å². The Morgan fingerprint density at radius 2 is 1.74 bits per heavy atom. The predicted molar refractivity (Wildman–Crippen MR) is 124 cm³/mol. The minimum atomic E-state index is -0.209. The largest absolute Gasteiger partial charge is 0.445 e. The minimum Gasteiger partial charge on any atom is -0.445 e. The maximum Gasteiger partial charge on any atom is 0.410 e. The van der Waals surface area contributed by atoms with Gasteiger partial charge >= 0.3 is 6.09 Å². The molecule has 5 heteroatoms. The summed E-state index contributed by atoms with van der Waals surface area (Å²) >= 11 is 0. The summed E-state index contributed by atoms with van der Waals surface area (Å²) in [5.74, 6) is 0. The Hall–Kier alpha value is -2.79. The fourth-order valence-corrected chi connectivity index (χ4v) is 5.14. The first-order valence-corrected chi connectivity index (χ1v) is 11.5. The quantitative estimate of drug-likeness (QED) is 0.799. The highest BCUT2D eigenvalue weighted by Crippen LogP contribution is 2.33. The minimum absolute atomic E-state index is 0.209. The van der Waals surface area contributed by atoms with Crippen molar-refractivity contribution >= 4 is 17.9 Å². The van der Waals surface area contributed by atoms with Crippen molar-refractivity contribution in [3.63, 3.8) is 0 Å². The zero-order valence-corrected chi connectivity index (χ0v) is 18.0. The summed E-state index contributed by atoms with van der Waals surface area (Å²) in [6, 6.07) is 20.1. The van der Waals surface area contributed by atoms with Crippen molar-refractivity contribution in [1.82, 2.24) is 10.2 Å². The van der Waals surface area contributed by atoms with E-state index in [-0.39, 0.29) is 6.09 Å². The van der Waals surface area contributed by atoms with Gasteiger partial charge in [0, 0.05) is 44.0 Å². The fraction of sp³-hybridized carbons (Fsp3) is 0.423. The molecule has 2 bridgehead atoms. The van der Waals surface area contributed by atoms with Crippen molar-refractivity contribution in [2.45, 2.75) is 44.4 Å². The van der Waals surface area contributed by atoms with Crippen molar-refractivity contribution in [1.29, 1.82) is 0 Å². The monoisotopic (exact) mass is 417 g/mol. The molecule has 3 aliphatic rings. The molecular formula is C26H31N3O2. The number of anilines is 1. The van der Waals surface area contributed by atoms with Gasteiger partial charge in [-0.15, -0.1) is 0 Å². The van der Waals surface area contributed by atoms with Gasteiger partial charge < -0.3 is 19.9 Å². The van der Waals surface area contributed by atoms with E-state index in [2.05, 4.69) is 40.6 Å². The Bertz CT molecular complexity index is 917. The third-order valence-corrected chi connectivity index (χ3v) is 6.79. The molecule has 3 aliphatic heterocycles. The van der Waals surface area contributed by atoms with E-state index in [0.29, 0.717) is 18.7 Å². The molecule has 3 fully saturated rings. The van der Waals surface area contributed by atoms with Gasteiger partial charge in [0.1, 0.15) is 6.61 Å². The number of fused-ring (bicyclic) bond motifs is 2. The number of piperidine rings is 1. The topological polar surface area (TPSA) is 44.8 Å². The number of hydrogen-bond donors (Lipinski definition) is 1. The predicted octanol–water partition coefficient (Wildman–Crippen LogP) is 4.44. The number of ether oxygens (including phenoxy) is 1. The summed E-state index contributed by atoms with van der Waals surface area (Å²) in [7, 11) is 0. The van der Waals surface area contributed by atoms with Gasteiger partial charge in [0.2, 0.25) is 0 Å². The van der Waals surface area contributed by atoms with Crippen molar-refractivity contribution in [2.24, 2.45) is 0 Å². The highest BCUT2D eigenvalue weighted by atomic mass is 16.6. The summed E-state index contributed by atoms with van der Waals surface area (Å²) < 4.78 is 5.49. The van der Waals surface area contributed by atoms with Gasteiger partial charge in [-0.2, -0.15) is 0 Å². The molecule has 0 radical (unpaired) electrons. The van der Waals surface area contributed by atoms with Gasteiger partial charge in [-0.3, -0.25) is 0 Å². The molecule has 1 amide bonds. The summed E-state index contributed by atoms with van der Waals surface area (Å²) in [6.07, 6.45) is 6.50. The lowest BCUT2D eigenvalue weighted by molar-refractivity contribution is 0.0936. The lowest BCUT2D eigenvalue weighted by Crippen LogP contribution is -2.52. The number of amides is 1. The maximum atomic E-state index is 12.4. The van der Waals surface area contributed by atoms with E-state index < -0.39 is 0 Å². The van der Waals surface area contributed by atoms with Crippen molar-refractivity contribution in [3.8, 4) is 0 Å². The number of carbonyl (C=O) groups is 1. The van der Waals surface area contributed by atoms with Crippen LogP contribution in [0.1, 0.15) is 36.8 Å². The summed E-state index contributed by atoms with van der Waals surface area (Å²) in [5, 5.41) is 3.56. The Kier molecular flexibility index (Phi) is 5.94. The smallest absolute Gasteiger partial charge is 0.410 e. The molecule has 1 N–H and O–H groups in total. The fourth-order valence-electron chi connectivity index (χ4n) is 5.14. The first-order valence-electron chi connectivity index (χ1n) is 11.5. The Morgan fingerprint density at radius 1 is 1.00 bits per heavy atom. The average Bonchev–Trinajstić information content (AvgIpc) is 3.07. The van der Waals surface area contributed by atoms with E-state index >= 15 is 0 Å². The van der Waals surface area contributed by atoms with Crippen LogP contribution in [-0.2, 0) is 11.3 Å². The molecule has 3 saturated heterocycles. The van der Waals surface area contributed by atoms with Crippen molar-refractivity contribution < 1.29 is 9.53 Å². The van der Waals surface area contributed by atoms with Crippen molar-refractivity contribution in [2.75, 3.05) is 31.1 Å². The molecule has 162 valence electrons. The van der Waals surface area contributed by atoms with E-state index in [1.807, 2.05) is 35.2 Å². The third-order valence-electron chi connectivity index (χ3n) is 6.79. The summed E-state index contributed by atoms with van der Waals surface area (Å²) in [6.45, 7) is 3.97. The number of nitrogens with one attached hydrogen (secondary N) is 1. The number of likely N-dealkylation sites (tertiary alicyclic amines) is 1. The number of rotatable bonds is 4. The van der Waals surface area contributed by atoms with Crippen LogP contribution in [0, 0.1) is 0 Å². The van der Waals surface area contributed by atoms with Gasteiger partial charge in [-0.05, 0) is 48.9 Å². The number of carbonyl (C=O) groups excluding carboxylic acids is 1. The maximum absolute atomic E-state index is 12.4. The van der Waals surface area contributed by atoms with Crippen LogP contribution in [0.5, 0.6) is 0 Å². The Morgan fingerprint density at radius 3 is 2.48 bits per heavy atom. The third kappa shape index (κ3) is 4.62. The lowest BCUT2D eigenvalue weighted by atomic mass is 10.0. The van der Waals surface area contributed by atoms with Gasteiger partial charge in [0.25, 0.3) is 0 Å². The molecule has 0 aliphatic carbocycles. The highest BCUT2D eigenvalue weighted by Gasteiger charge is 2.36. The standard InChI is InChI=1S/C26H31N3O2/c30-26(31-19-21-5-2-1-3-6-21)28-13-11-20(12-14-28)15-22-7-4-8-23(16-22)29-24-9-10-25(29)18-27-17-24/h1-8,15-16,24-25,27H,9-14,17-19H2/t24-,25+. The van der Waals surface area contributed by atoms with Gasteiger partial charge in [0.15, 0.2) is 0 Å². The van der Waals surface area contributed by atoms with Crippen LogP contribution in [-0.4, -0.2) is 49.3 Å². The molecule has 3 heterocycles. The molecule has 5 nitrogen and oxygen atoms in total. The van der Waals surface area contributed by atoms with Crippen LogP contribution in [0.2, 0.25) is 0 Å². The lowest BCUT2D eigenvalue weighted by Gasteiger charge is -2.37. The summed E-state index contributed by atoms with van der Waals surface area (Å²) in [4.78, 5) is 16.9. The van der Waals surface area contributed by atoms with E-state index in [4.69, 9.17) is 4.74 Å². The second-order valence-corrected chi connectivity index (χ2v) is 8.88. The van der Waals surface area contributed by atoms with Gasteiger partial charge in [-0.1, -0.05) is 54.1 Å². The van der Waals surface area contributed by atoms with E-state index in [9.17, 15) is 4.79 Å². The van der Waals surface area contributed by atoms with Gasteiger partial charge in [-0.25, -0.2) is 4.79 Å². The zero-order valence-electron chi connectivity index (χ0n) is 18.0. The van der Waals surface area contributed by atoms with Crippen LogP contribution < -0.4 is 10.2 Å². The highest BCUT2D eigenvalue weighted by molar-refractivity contribution is 5.68. The summed E-state index contributed by atoms with van der Waals surface area (Å²) in [5.41, 5.74) is 5.05. The first kappa shape index (κ1) is 20.1. The Labute approximate surface area is 184 Å². The molecule has 0 saturated carbocycles. The molecule has 0 aromatic heterocycles. The van der Waals surface area contributed by atoms with E-state index in [0.717, 1.165) is 44.6 Å². The first-order chi connectivity index (χ1) is 15.3. The number of hydrogen-bond acceptors (Lipinski definition) is 4. The molecule has 5 rings (SSSR count). The average molecular weight is 418 g/mol. The molecular weight excluding hydrogens is 386 g/mol. The SMILES string of the molecule is O=C(OCc1ccccc1)N1CCC(=Cc2cccc(N3[C@@H]4CC[C@H]3CNC4)c2)CC1. The molecule has 31 heavy (non-hydrogen) atoms. The second-order valence-electron chi connectivity index (χ2n) is 8.88. The molecule has 2 aromatic carbocycles. The molecule has 0 spiro atoms. The van der Waals surface area contributed by atoms with E-state index in [1.165, 1.54) is 29.7 Å². The normalized spacial score (nSPS) is 23.0. The van der Waals surface area contributed by atoms with Crippen LogP contribution in [0.25, 0.3) is 6.08 Å². The van der Waals surface area contributed by atoms with Gasteiger partial charge in [0.05, 0.1) is 0 Å². The number of piperazine rings is 1. The second kappa shape index (κ2) is 9.15. The zero-order chi connectivity index (χ0) is 21.0. The van der Waals surface area contributed by atoms with Crippen molar-refractivity contribution in [3.05, 3.63) is 71.3 Å². The molecule has 2 aromatic rings. The van der Waals surface area contributed by atoms with Crippen LogP contribution in [0.15, 0.2) is 60.2 Å².